The van der Waals surface area contributed by atoms with Crippen LogP contribution in [0.15, 0.2) is 285 Å². The number of ether oxygens (including phenoxy) is 3. The van der Waals surface area contributed by atoms with Gasteiger partial charge in [0, 0.05) is 157 Å². The molecule has 0 atom stereocenters. The van der Waals surface area contributed by atoms with Crippen LogP contribution in [0.25, 0.3) is 22.5 Å². The van der Waals surface area contributed by atoms with Crippen molar-refractivity contribution >= 4 is 77.8 Å². The van der Waals surface area contributed by atoms with E-state index in [4.69, 9.17) is 41.0 Å². The highest BCUT2D eigenvalue weighted by Gasteiger charge is 2.27. The molecule has 3 N–H and O–H groups in total. The molecule has 30 nitrogen and oxygen atoms in total. The molecule has 37 heteroatoms. The first-order chi connectivity index (χ1) is 62.0. The molecule has 0 aliphatic carbocycles. The molecule has 0 radical (unpaired) electrons. The first-order valence-electron chi connectivity index (χ1n) is 39.4. The lowest BCUT2D eigenvalue weighted by atomic mass is 10.0. The first-order valence-corrected chi connectivity index (χ1v) is 46.8. The maximum absolute atomic E-state index is 13.4. The van der Waals surface area contributed by atoms with Crippen LogP contribution in [0.2, 0.25) is 0 Å². The van der Waals surface area contributed by atoms with Gasteiger partial charge < -0.3 is 33.6 Å². The third kappa shape index (κ3) is 28.2. The van der Waals surface area contributed by atoms with E-state index in [1.807, 2.05) is 97.7 Å². The maximum atomic E-state index is 13.4. The Kier molecular flexibility index (Phi) is 36.2. The van der Waals surface area contributed by atoms with Gasteiger partial charge in [0.1, 0.15) is 53.2 Å². The molecular formula is C93H92Br2FN19O11S4. The minimum Gasteiger partial charge on any atom is -0.497 e. The Morgan fingerprint density at radius 1 is 0.408 bits per heavy atom. The summed E-state index contributed by atoms with van der Waals surface area (Å²) in [6.07, 6.45) is 19.4. The van der Waals surface area contributed by atoms with Crippen molar-refractivity contribution in [3.05, 3.63) is 350 Å². The number of halogens is 3. The molecule has 0 unspecified atom stereocenters. The van der Waals surface area contributed by atoms with E-state index in [9.17, 15) is 38.1 Å². The van der Waals surface area contributed by atoms with E-state index in [0.29, 0.717) is 74.7 Å². The monoisotopic (exact) mass is 1960 g/mol. The molecule has 670 valence electrons. The number of hydrogen-bond acceptors (Lipinski definition) is 23. The van der Waals surface area contributed by atoms with Gasteiger partial charge in [-0.1, -0.05) is 77.5 Å². The van der Waals surface area contributed by atoms with E-state index in [-0.39, 0.29) is 43.7 Å². The average molecular weight is 1960 g/mol. The number of methoxy groups -OCH3 is 3. The summed E-state index contributed by atoms with van der Waals surface area (Å²) in [5.74, 6) is 2.08. The van der Waals surface area contributed by atoms with E-state index >= 15 is 0 Å². The second kappa shape index (κ2) is 47.0. The molecule has 0 bridgehead atoms. The normalized spacial score (nSPS) is 11.1. The van der Waals surface area contributed by atoms with E-state index in [0.717, 1.165) is 85.5 Å². The molecule has 14 aromatic rings. The number of nitrogens with two attached hydrogens (primary N) is 1. The van der Waals surface area contributed by atoms with E-state index < -0.39 is 45.9 Å². The van der Waals surface area contributed by atoms with Crippen molar-refractivity contribution < 1.29 is 52.3 Å². The Labute approximate surface area is 773 Å². The molecule has 0 fully saturated rings. The lowest BCUT2D eigenvalue weighted by molar-refractivity contribution is 0.414. The number of imidazole rings is 3. The lowest BCUT2D eigenvalue weighted by Gasteiger charge is -2.19. The number of rotatable bonds is 26. The number of nitrogen functional groups attached to an aromatic ring is 1. The van der Waals surface area contributed by atoms with Gasteiger partial charge in [0.2, 0.25) is 40.1 Å². The third-order valence-corrected chi connectivity index (χ3v) is 27.6. The second-order valence-corrected chi connectivity index (χ2v) is 38.5. The summed E-state index contributed by atoms with van der Waals surface area (Å²) in [4.78, 5) is 30.1. The first kappa shape index (κ1) is 100. The molecule has 14 rings (SSSR count). The number of benzene rings is 7. The minimum absolute atomic E-state index is 0.0387. The van der Waals surface area contributed by atoms with Gasteiger partial charge in [-0.25, -0.2) is 62.7 Å². The summed E-state index contributed by atoms with van der Waals surface area (Å²) in [6, 6.07) is 62.2. The van der Waals surface area contributed by atoms with Gasteiger partial charge in [-0.3, -0.25) is 15.0 Å². The van der Waals surface area contributed by atoms with Gasteiger partial charge in [-0.2, -0.15) is 34.0 Å². The quantitative estimate of drug-likeness (QED) is 0.0508. The molecule has 0 amide bonds. The predicted molar refractivity (Wildman–Crippen MR) is 498 cm³/mol. The van der Waals surface area contributed by atoms with Crippen LogP contribution in [0, 0.1) is 51.1 Å². The van der Waals surface area contributed by atoms with Crippen LogP contribution in [0.5, 0.6) is 17.2 Å². The van der Waals surface area contributed by atoms with Crippen LogP contribution in [-0.4, -0.2) is 145 Å². The molecule has 0 aliphatic heterocycles. The number of aromatic nitrogens is 10. The third-order valence-electron chi connectivity index (χ3n) is 19.4. The summed E-state index contributed by atoms with van der Waals surface area (Å²) in [7, 11) is 1.77. The highest BCUT2D eigenvalue weighted by atomic mass is 79.9. The molecule has 0 aliphatic rings. The van der Waals surface area contributed by atoms with Crippen LogP contribution < -0.4 is 24.7 Å². The second-order valence-electron chi connectivity index (χ2n) is 28.8. The van der Waals surface area contributed by atoms with Crippen molar-refractivity contribution in [1.29, 1.82) is 21.0 Å². The van der Waals surface area contributed by atoms with Gasteiger partial charge in [0.05, 0.1) is 104 Å². The van der Waals surface area contributed by atoms with Gasteiger partial charge in [0.25, 0.3) is 0 Å². The number of sulfonamides is 4. The largest absolute Gasteiger partial charge is 0.497 e. The summed E-state index contributed by atoms with van der Waals surface area (Å²) < 4.78 is 143. The number of hydrogen-bond donors (Lipinski definition) is 2. The van der Waals surface area contributed by atoms with Crippen LogP contribution in [0.4, 0.5) is 10.2 Å². The number of anilines is 1. The van der Waals surface area contributed by atoms with Crippen molar-refractivity contribution in [2.75, 3.05) is 55.3 Å². The molecule has 0 spiro atoms. The van der Waals surface area contributed by atoms with E-state index in [1.165, 1.54) is 63.9 Å². The SMILES string of the molecule is CCc1cn(C)cn1.CNS(=O)(=O)c1ccc(Cc2ccc(C#N)cn2)c(-c2cn(C)cn2)c1.COc1ccc(CN(C)S(=O)(=O)c2ccc(Cc3ccc(C#N)cn3)c(-c3cn(C)cn3)c2)cc1.COc1ccc(CN(C)S(=O)(=O)c2ccc(Cc3ccc(C#N)cn3)c(Br)c2)cc1.COc1ccc(CN(C)S(=O)(=O)c2ccc(F)c(Br)c2)cc1.N#Cc1ccc(N)nc1. The number of pyridine rings is 4. The standard InChI is InChI=1S/C26H25N5O3S.C22H20BrN3O3S.C18H17N5O2S.C15H15BrFNO3S.C6H5N3.C6H10N2/c1-30-17-26(29-18-30)25-13-24(11-7-21(25)12-22-8-4-20(14-27)15-28-22)35(32,33)31(2)16-19-5-9-23(34-3)10-6-19;1-26(15-16-4-8-20(29-2)9-5-16)30(27,28)21-10-6-18(22(23)12-21)11-19-7-3-17(13-24)14-25-19;1-20-26(24,25)16-6-4-14(7-15-5-3-13(9-19)10-21-15)17(8-16)18-11-23(2)12-22-18;1-18(10-11-3-5-12(21-2)6-4-11)22(19,20)13-7-8-15(17)14(16)9-13;7-3-5-1-2-6(8)9-4-5;1-3-6-4-8(2)5-7-6/h4-11,13,15,17-18H,12,16H2,1-3H3;3-10,12,14H,11,15H2,1-2H3;3-6,8,10-12,20H,7H2,1-2H3;3-9H,10H2,1-2H3;1-2,4H,(H2,8,9);4-5H,3H2,1-2H3. The Morgan fingerprint density at radius 3 is 1.04 bits per heavy atom. The molecule has 130 heavy (non-hydrogen) atoms. The fraction of sp³-hybridized carbons (Fsp3) is 0.194. The fourth-order valence-corrected chi connectivity index (χ4v) is 17.7. The highest BCUT2D eigenvalue weighted by Crippen LogP contribution is 2.33. The molecule has 7 heterocycles. The summed E-state index contributed by atoms with van der Waals surface area (Å²) in [5.41, 5.74) is 18.8. The van der Waals surface area contributed by atoms with Gasteiger partial charge in [0.15, 0.2) is 0 Å². The van der Waals surface area contributed by atoms with Crippen LogP contribution in [0.3, 0.4) is 0 Å². The zero-order chi connectivity index (χ0) is 94.5. The topological polar surface area (TPSA) is 412 Å². The zero-order valence-corrected chi connectivity index (χ0v) is 79.1. The van der Waals surface area contributed by atoms with Gasteiger partial charge >= 0.3 is 0 Å². The maximum Gasteiger partial charge on any atom is 0.243 e. The Bertz CT molecular complexity index is 6860. The van der Waals surface area contributed by atoms with Crippen LogP contribution in [0.1, 0.15) is 85.3 Å². The predicted octanol–water partition coefficient (Wildman–Crippen LogP) is 14.7. The summed E-state index contributed by atoms with van der Waals surface area (Å²) in [5, 5.41) is 35.1. The molecule has 0 saturated carbocycles. The van der Waals surface area contributed by atoms with E-state index in [2.05, 4.69) is 84.5 Å². The zero-order valence-electron chi connectivity index (χ0n) is 72.6. The summed E-state index contributed by atoms with van der Waals surface area (Å²) in [6.45, 7) is 2.78. The fourth-order valence-electron chi connectivity index (χ4n) is 12.2. The van der Waals surface area contributed by atoms with Crippen LogP contribution >= 0.6 is 31.9 Å². The number of nitrogens with one attached hydrogen (secondary N) is 1. The van der Waals surface area contributed by atoms with Crippen molar-refractivity contribution in [3.63, 3.8) is 0 Å². The Balaban J connectivity index is 0.000000185. The highest BCUT2D eigenvalue weighted by molar-refractivity contribution is 9.10. The molecule has 7 aromatic heterocycles. The van der Waals surface area contributed by atoms with Gasteiger partial charge in [-0.15, -0.1) is 0 Å². The van der Waals surface area contributed by atoms with Crippen molar-refractivity contribution in [2.45, 2.75) is 71.8 Å². The van der Waals surface area contributed by atoms with Crippen LogP contribution in [-0.2, 0) is 107 Å². The minimum atomic E-state index is -3.76. The number of nitriles is 4. The average Bonchev–Trinajstić information content (AvgIpc) is 1.27. The molecule has 0 saturated heterocycles. The van der Waals surface area contributed by atoms with Gasteiger partial charge in [-0.05, 0) is 202 Å². The smallest absolute Gasteiger partial charge is 0.243 e. The van der Waals surface area contributed by atoms with E-state index in [1.54, 1.807) is 204 Å². The number of aryl methyl sites for hydroxylation is 4. The number of nitrogens with zero attached hydrogens (tertiary/aromatic N) is 17. The van der Waals surface area contributed by atoms with Crippen molar-refractivity contribution in [2.24, 2.45) is 21.1 Å². The van der Waals surface area contributed by atoms with Crippen molar-refractivity contribution in [3.8, 4) is 64.0 Å². The molecular weight excluding hydrogens is 1870 g/mol. The van der Waals surface area contributed by atoms with Crippen molar-refractivity contribution in [1.82, 2.24) is 66.2 Å². The Morgan fingerprint density at radius 2 is 0.738 bits per heavy atom. The molecule has 7 aromatic carbocycles. The lowest BCUT2D eigenvalue weighted by Crippen LogP contribution is -2.26. The Hall–Kier alpha value is -13.5. The summed E-state index contributed by atoms with van der Waals surface area (Å²) >= 11 is 6.48.